The van der Waals surface area contributed by atoms with Crippen molar-refractivity contribution in [1.82, 2.24) is 9.99 Å². The van der Waals surface area contributed by atoms with E-state index in [1.807, 2.05) is 18.2 Å². The maximum absolute atomic E-state index is 12.5. The van der Waals surface area contributed by atoms with Crippen LogP contribution in [0.3, 0.4) is 0 Å². The minimum atomic E-state index is -0.479. The van der Waals surface area contributed by atoms with E-state index in [9.17, 15) is 4.79 Å². The number of aromatic nitrogens is 1. The van der Waals surface area contributed by atoms with Crippen LogP contribution in [0.15, 0.2) is 58.6 Å². The Bertz CT molecular complexity index is 1200. The summed E-state index contributed by atoms with van der Waals surface area (Å²) in [6.07, 6.45) is 2.11. The van der Waals surface area contributed by atoms with E-state index >= 15 is 0 Å². The minimum absolute atomic E-state index is 0.295. The van der Waals surface area contributed by atoms with Crippen LogP contribution in [-0.4, -0.2) is 23.5 Å². The van der Waals surface area contributed by atoms with Gasteiger partial charge in [0.1, 0.15) is 5.75 Å². The molecule has 0 bridgehead atoms. The topological polar surface area (TPSA) is 80.0 Å². The molecule has 0 saturated carbocycles. The summed E-state index contributed by atoms with van der Waals surface area (Å²) in [4.78, 5) is 19.3. The molecule has 0 saturated heterocycles. The van der Waals surface area contributed by atoms with Crippen molar-refractivity contribution in [2.45, 2.75) is 40.2 Å². The first-order valence-electron chi connectivity index (χ1n) is 10.7. The van der Waals surface area contributed by atoms with Gasteiger partial charge in [-0.1, -0.05) is 43.1 Å². The zero-order chi connectivity index (χ0) is 23.8. The van der Waals surface area contributed by atoms with Gasteiger partial charge in [-0.2, -0.15) is 10.1 Å². The summed E-state index contributed by atoms with van der Waals surface area (Å²) in [5.74, 6) is 0.848. The quantitative estimate of drug-likeness (QED) is 0.255. The molecule has 3 rings (SSSR count). The molecule has 0 unspecified atom stereocenters. The van der Waals surface area contributed by atoms with E-state index in [2.05, 4.69) is 41.2 Å². The van der Waals surface area contributed by atoms with Crippen LogP contribution in [0.5, 0.6) is 5.75 Å². The minimum Gasteiger partial charge on any atom is -0.496 e. The van der Waals surface area contributed by atoms with Crippen LogP contribution < -0.4 is 20.3 Å². The van der Waals surface area contributed by atoms with Gasteiger partial charge in [0.05, 0.1) is 12.7 Å². The average Bonchev–Trinajstić information content (AvgIpc) is 3.08. The van der Waals surface area contributed by atoms with Gasteiger partial charge in [0.25, 0.3) is 0 Å². The van der Waals surface area contributed by atoms with E-state index in [0.717, 1.165) is 24.2 Å². The van der Waals surface area contributed by atoms with Gasteiger partial charge in [0.2, 0.25) is 0 Å². The average molecular weight is 486 g/mol. The summed E-state index contributed by atoms with van der Waals surface area (Å²) in [6, 6.07) is 13.9. The Morgan fingerprint density at radius 3 is 2.64 bits per heavy atom. The van der Waals surface area contributed by atoms with Crippen molar-refractivity contribution in [1.29, 1.82) is 0 Å². The van der Waals surface area contributed by atoms with Gasteiger partial charge in [0, 0.05) is 27.8 Å². The lowest BCUT2D eigenvalue weighted by atomic mass is 10.2. The Kier molecular flexibility index (Phi) is 8.68. The lowest BCUT2D eigenvalue weighted by Gasteiger charge is -2.10. The SMILES string of the molecule is CCCCn1c(C)c(C)s/c1=N\C(=N/NC(=O)Nc1ccccc1)c1cc(Cl)ccc1OC. The molecule has 0 aliphatic heterocycles. The number of rotatable bonds is 7. The van der Waals surface area contributed by atoms with Crippen molar-refractivity contribution in [3.63, 3.8) is 0 Å². The first kappa shape index (κ1) is 24.5. The van der Waals surface area contributed by atoms with Gasteiger partial charge in [-0.3, -0.25) is 0 Å². The number of benzene rings is 2. The van der Waals surface area contributed by atoms with Crippen molar-refractivity contribution < 1.29 is 9.53 Å². The maximum Gasteiger partial charge on any atom is 0.339 e. The summed E-state index contributed by atoms with van der Waals surface area (Å²) in [5.41, 5.74) is 4.95. The van der Waals surface area contributed by atoms with Gasteiger partial charge < -0.3 is 14.6 Å². The van der Waals surface area contributed by atoms with Crippen LogP contribution in [0.1, 0.15) is 35.9 Å². The lowest BCUT2D eigenvalue weighted by molar-refractivity contribution is 0.252. The molecular formula is C24H28ClN5O2S. The van der Waals surface area contributed by atoms with Crippen LogP contribution >= 0.6 is 22.9 Å². The number of methoxy groups -OCH3 is 1. The Balaban J connectivity index is 2.04. The molecule has 0 fully saturated rings. The normalized spacial score (nSPS) is 12.0. The number of para-hydroxylation sites is 1. The standard InChI is InChI=1S/C24H28ClN5O2S/c1-5-6-14-30-16(2)17(3)33-24(30)27-22(20-15-18(25)12-13-21(20)32-4)28-29-23(31)26-19-10-8-7-9-11-19/h7-13,15H,5-6,14H2,1-4H3,(H2,26,29,31)/b27-24-,28-22-. The highest BCUT2D eigenvalue weighted by atomic mass is 35.5. The molecule has 0 aliphatic carbocycles. The number of nitrogens with zero attached hydrogens (tertiary/aromatic N) is 3. The molecule has 0 radical (unpaired) electrons. The summed E-state index contributed by atoms with van der Waals surface area (Å²) < 4.78 is 7.69. The van der Waals surface area contributed by atoms with Crippen LogP contribution in [0.25, 0.3) is 0 Å². The Morgan fingerprint density at radius 1 is 1.18 bits per heavy atom. The van der Waals surface area contributed by atoms with Gasteiger partial charge in [-0.15, -0.1) is 11.3 Å². The number of hydrogen-bond donors (Lipinski definition) is 2. The fourth-order valence-corrected chi connectivity index (χ4v) is 4.31. The van der Waals surface area contributed by atoms with E-state index in [0.29, 0.717) is 27.9 Å². The second-order valence-electron chi connectivity index (χ2n) is 7.36. The maximum atomic E-state index is 12.5. The van der Waals surface area contributed by atoms with Crippen LogP contribution in [0, 0.1) is 13.8 Å². The lowest BCUT2D eigenvalue weighted by Crippen LogP contribution is -2.26. The number of amides is 2. The van der Waals surface area contributed by atoms with Crippen LogP contribution in [0.4, 0.5) is 10.5 Å². The number of anilines is 1. The summed E-state index contributed by atoms with van der Waals surface area (Å²) in [5, 5.41) is 7.60. The van der Waals surface area contributed by atoms with Crippen LogP contribution in [-0.2, 0) is 6.54 Å². The number of carbonyl (C=O) groups is 1. The van der Waals surface area contributed by atoms with E-state index in [-0.39, 0.29) is 0 Å². The zero-order valence-electron chi connectivity index (χ0n) is 19.2. The molecular weight excluding hydrogens is 458 g/mol. The van der Waals surface area contributed by atoms with Crippen molar-refractivity contribution in [2.75, 3.05) is 12.4 Å². The monoisotopic (exact) mass is 485 g/mol. The van der Waals surface area contributed by atoms with Gasteiger partial charge in [0.15, 0.2) is 10.6 Å². The largest absolute Gasteiger partial charge is 0.496 e. The Labute approximate surface area is 202 Å². The summed E-state index contributed by atoms with van der Waals surface area (Å²) >= 11 is 7.85. The molecule has 7 nitrogen and oxygen atoms in total. The number of carbonyl (C=O) groups excluding carboxylic acids is 1. The number of hydrazone groups is 1. The summed E-state index contributed by atoms with van der Waals surface area (Å²) in [7, 11) is 1.57. The molecule has 33 heavy (non-hydrogen) atoms. The molecule has 9 heteroatoms. The number of ether oxygens (including phenoxy) is 1. The highest BCUT2D eigenvalue weighted by molar-refractivity contribution is 7.09. The number of unbranched alkanes of at least 4 members (excludes halogenated alkanes) is 1. The first-order valence-corrected chi connectivity index (χ1v) is 11.9. The number of urea groups is 1. The number of nitrogens with one attached hydrogen (secondary N) is 2. The van der Waals surface area contributed by atoms with Gasteiger partial charge in [-0.25, -0.2) is 10.2 Å². The molecule has 2 amide bonds. The van der Waals surface area contributed by atoms with E-state index in [1.54, 1.807) is 48.8 Å². The smallest absolute Gasteiger partial charge is 0.339 e. The third-order valence-electron chi connectivity index (χ3n) is 5.02. The fraction of sp³-hybridized carbons (Fsp3) is 0.292. The highest BCUT2D eigenvalue weighted by Gasteiger charge is 2.14. The van der Waals surface area contributed by atoms with Crippen molar-refractivity contribution in [2.24, 2.45) is 10.1 Å². The van der Waals surface area contributed by atoms with Crippen LogP contribution in [0.2, 0.25) is 5.02 Å². The first-order chi connectivity index (χ1) is 15.9. The third-order valence-corrected chi connectivity index (χ3v) is 6.35. The summed E-state index contributed by atoms with van der Waals surface area (Å²) in [6.45, 7) is 7.17. The number of thiazole rings is 1. The molecule has 0 atom stereocenters. The number of aryl methyl sites for hydroxylation is 1. The molecule has 0 aliphatic rings. The van der Waals surface area contributed by atoms with Crippen molar-refractivity contribution in [3.8, 4) is 5.75 Å². The van der Waals surface area contributed by atoms with E-state index in [4.69, 9.17) is 21.3 Å². The molecule has 3 aromatic rings. The third kappa shape index (κ3) is 6.46. The van der Waals surface area contributed by atoms with E-state index < -0.39 is 6.03 Å². The molecule has 2 aromatic carbocycles. The molecule has 174 valence electrons. The molecule has 2 N–H and O–H groups in total. The molecule has 1 heterocycles. The fourth-order valence-electron chi connectivity index (χ4n) is 3.14. The number of halogens is 1. The Morgan fingerprint density at radius 2 is 1.94 bits per heavy atom. The Hall–Kier alpha value is -3.10. The van der Waals surface area contributed by atoms with Crippen molar-refractivity contribution >= 4 is 40.5 Å². The highest BCUT2D eigenvalue weighted by Crippen LogP contribution is 2.24. The molecule has 0 spiro atoms. The zero-order valence-corrected chi connectivity index (χ0v) is 20.8. The predicted molar refractivity (Wildman–Crippen MR) is 135 cm³/mol. The van der Waals surface area contributed by atoms with Gasteiger partial charge in [-0.05, 0) is 50.6 Å². The van der Waals surface area contributed by atoms with E-state index in [1.165, 1.54) is 10.6 Å². The second-order valence-corrected chi connectivity index (χ2v) is 8.97. The van der Waals surface area contributed by atoms with Gasteiger partial charge >= 0.3 is 6.03 Å². The van der Waals surface area contributed by atoms with Crippen molar-refractivity contribution in [3.05, 3.63) is 74.5 Å². The number of hydrogen-bond acceptors (Lipinski definition) is 4. The predicted octanol–water partition coefficient (Wildman–Crippen LogP) is 5.71. The number of amidine groups is 1. The molecule has 1 aromatic heterocycles. The second kappa shape index (κ2) is 11.7.